The van der Waals surface area contributed by atoms with Crippen LogP contribution >= 0.6 is 0 Å². The van der Waals surface area contributed by atoms with Crippen LogP contribution in [0.4, 0.5) is 0 Å². The molecule has 0 amide bonds. The number of benzene rings is 2. The number of esters is 1. The average molecular weight is 396 g/mol. The minimum absolute atomic E-state index is 0.246. The highest BCUT2D eigenvalue weighted by atomic mass is 16.5. The molecule has 0 bridgehead atoms. The zero-order chi connectivity index (χ0) is 20.6. The van der Waals surface area contributed by atoms with E-state index in [-0.39, 0.29) is 12.6 Å². The van der Waals surface area contributed by atoms with Crippen LogP contribution in [0.3, 0.4) is 0 Å². The van der Waals surface area contributed by atoms with E-state index in [9.17, 15) is 4.79 Å². The largest absolute Gasteiger partial charge is 0.457 e. The van der Waals surface area contributed by atoms with Gasteiger partial charge in [0.2, 0.25) is 0 Å². The first kappa shape index (κ1) is 22.6. The zero-order valence-electron chi connectivity index (χ0n) is 16.9. The maximum absolute atomic E-state index is 12.2. The average Bonchev–Trinajstić information content (AvgIpc) is 2.77. The van der Waals surface area contributed by atoms with E-state index >= 15 is 0 Å². The first-order chi connectivity index (χ1) is 14.3. The van der Waals surface area contributed by atoms with Crippen LogP contribution < -0.4 is 0 Å². The summed E-state index contributed by atoms with van der Waals surface area (Å²) >= 11 is 0. The fraction of sp³-hybridized carbons (Fsp3) is 0.375. The van der Waals surface area contributed by atoms with Crippen molar-refractivity contribution in [3.8, 4) is 11.8 Å². The SMILES string of the molecule is CCCOCCOCCOCC#Cc1cccc(C(=O)OCc2ccccc2)c1. The van der Waals surface area contributed by atoms with Crippen molar-refractivity contribution in [3.63, 3.8) is 0 Å². The van der Waals surface area contributed by atoms with Crippen LogP contribution in [0.5, 0.6) is 0 Å². The van der Waals surface area contributed by atoms with Gasteiger partial charge in [0.1, 0.15) is 13.2 Å². The molecule has 29 heavy (non-hydrogen) atoms. The number of rotatable bonds is 12. The normalized spacial score (nSPS) is 10.2. The van der Waals surface area contributed by atoms with Crippen LogP contribution in [0.25, 0.3) is 0 Å². The second-order valence-corrected chi connectivity index (χ2v) is 6.22. The number of carbonyl (C=O) groups excluding carboxylic acids is 1. The monoisotopic (exact) mass is 396 g/mol. The van der Waals surface area contributed by atoms with Gasteiger partial charge >= 0.3 is 5.97 Å². The van der Waals surface area contributed by atoms with Crippen LogP contribution in [0.1, 0.15) is 34.8 Å². The van der Waals surface area contributed by atoms with Crippen molar-refractivity contribution in [3.05, 3.63) is 71.3 Å². The molecule has 154 valence electrons. The van der Waals surface area contributed by atoms with Crippen LogP contribution in [-0.2, 0) is 25.6 Å². The Morgan fingerprint density at radius 3 is 2.34 bits per heavy atom. The summed E-state index contributed by atoms with van der Waals surface area (Å²) in [6, 6.07) is 16.7. The van der Waals surface area contributed by atoms with Crippen LogP contribution in [0.2, 0.25) is 0 Å². The molecule has 0 fully saturated rings. The lowest BCUT2D eigenvalue weighted by atomic mass is 10.1. The highest BCUT2D eigenvalue weighted by Crippen LogP contribution is 2.08. The van der Waals surface area contributed by atoms with Gasteiger partial charge in [0.15, 0.2) is 0 Å². The summed E-state index contributed by atoms with van der Waals surface area (Å²) < 4.78 is 21.5. The number of hydrogen-bond acceptors (Lipinski definition) is 5. The molecule has 0 saturated heterocycles. The third-order valence-corrected chi connectivity index (χ3v) is 3.81. The first-order valence-corrected chi connectivity index (χ1v) is 9.83. The smallest absolute Gasteiger partial charge is 0.338 e. The third kappa shape index (κ3) is 9.91. The van der Waals surface area contributed by atoms with Crippen molar-refractivity contribution >= 4 is 5.97 Å². The van der Waals surface area contributed by atoms with E-state index in [0.29, 0.717) is 38.6 Å². The van der Waals surface area contributed by atoms with E-state index in [1.807, 2.05) is 36.4 Å². The topological polar surface area (TPSA) is 54.0 Å². The Kier molecular flexibility index (Phi) is 11.2. The zero-order valence-corrected chi connectivity index (χ0v) is 16.9. The Balaban J connectivity index is 1.66. The molecule has 0 N–H and O–H groups in total. The first-order valence-electron chi connectivity index (χ1n) is 9.83. The molecule has 0 spiro atoms. The van der Waals surface area contributed by atoms with Crippen molar-refractivity contribution in [1.82, 2.24) is 0 Å². The molecule has 2 aromatic carbocycles. The summed E-state index contributed by atoms with van der Waals surface area (Å²) in [4.78, 5) is 12.2. The molecule has 2 rings (SSSR count). The lowest BCUT2D eigenvalue weighted by Gasteiger charge is -2.05. The van der Waals surface area contributed by atoms with E-state index < -0.39 is 0 Å². The van der Waals surface area contributed by atoms with Crippen LogP contribution in [-0.4, -0.2) is 45.6 Å². The predicted molar refractivity (Wildman–Crippen MR) is 112 cm³/mol. The Morgan fingerprint density at radius 1 is 0.862 bits per heavy atom. The molecular formula is C24H28O5. The summed E-state index contributed by atoms with van der Waals surface area (Å²) in [7, 11) is 0. The third-order valence-electron chi connectivity index (χ3n) is 3.81. The molecule has 0 atom stereocenters. The Morgan fingerprint density at radius 2 is 1.59 bits per heavy atom. The highest BCUT2D eigenvalue weighted by Gasteiger charge is 2.07. The minimum atomic E-state index is -0.367. The van der Waals surface area contributed by atoms with E-state index in [0.717, 1.165) is 24.2 Å². The van der Waals surface area contributed by atoms with Gasteiger partial charge in [-0.25, -0.2) is 4.79 Å². The summed E-state index contributed by atoms with van der Waals surface area (Å²) in [5.41, 5.74) is 2.17. The fourth-order valence-corrected chi connectivity index (χ4v) is 2.38. The summed E-state index contributed by atoms with van der Waals surface area (Å²) in [5, 5.41) is 0. The van der Waals surface area contributed by atoms with E-state index in [1.165, 1.54) is 0 Å². The van der Waals surface area contributed by atoms with Crippen molar-refractivity contribution in [2.24, 2.45) is 0 Å². The summed E-state index contributed by atoms with van der Waals surface area (Å²) in [6.07, 6.45) is 1.01. The number of ether oxygens (including phenoxy) is 4. The standard InChI is InChI=1S/C24H28O5/c1-2-13-26-15-17-28-18-16-27-14-7-11-21-10-6-12-23(19-21)24(25)29-20-22-8-4-3-5-9-22/h3-6,8-10,12,19H,2,13-18,20H2,1H3. The molecule has 5 nitrogen and oxygen atoms in total. The van der Waals surface area contributed by atoms with Gasteiger partial charge in [0, 0.05) is 12.2 Å². The molecule has 0 unspecified atom stereocenters. The summed E-state index contributed by atoms with van der Waals surface area (Å²) in [5.74, 6) is 5.57. The van der Waals surface area contributed by atoms with Gasteiger partial charge < -0.3 is 18.9 Å². The van der Waals surface area contributed by atoms with Gasteiger partial charge in [0.05, 0.1) is 32.0 Å². The van der Waals surface area contributed by atoms with E-state index in [2.05, 4.69) is 18.8 Å². The Bertz CT molecular complexity index is 777. The van der Waals surface area contributed by atoms with Crippen molar-refractivity contribution < 1.29 is 23.7 Å². The minimum Gasteiger partial charge on any atom is -0.457 e. The van der Waals surface area contributed by atoms with Gasteiger partial charge in [-0.1, -0.05) is 55.2 Å². The predicted octanol–water partition coefficient (Wildman–Crippen LogP) is 3.85. The lowest BCUT2D eigenvalue weighted by Crippen LogP contribution is -2.09. The van der Waals surface area contributed by atoms with Crippen molar-refractivity contribution in [1.29, 1.82) is 0 Å². The van der Waals surface area contributed by atoms with Crippen molar-refractivity contribution in [2.45, 2.75) is 20.0 Å². The van der Waals surface area contributed by atoms with Crippen molar-refractivity contribution in [2.75, 3.05) is 39.6 Å². The van der Waals surface area contributed by atoms with E-state index in [4.69, 9.17) is 18.9 Å². The maximum Gasteiger partial charge on any atom is 0.338 e. The molecule has 0 aliphatic carbocycles. The second-order valence-electron chi connectivity index (χ2n) is 6.22. The molecule has 0 radical (unpaired) electrons. The lowest BCUT2D eigenvalue weighted by molar-refractivity contribution is 0.0204. The molecule has 5 heteroatoms. The molecule has 0 heterocycles. The van der Waals surface area contributed by atoms with Gasteiger partial charge in [-0.05, 0) is 30.2 Å². The summed E-state index contributed by atoms with van der Waals surface area (Å²) in [6.45, 7) is 5.56. The number of carbonyl (C=O) groups is 1. The Labute approximate surface area is 172 Å². The maximum atomic E-state index is 12.2. The van der Waals surface area contributed by atoms with Gasteiger partial charge in [0.25, 0.3) is 0 Å². The molecule has 0 aliphatic rings. The fourth-order valence-electron chi connectivity index (χ4n) is 2.38. The second kappa shape index (κ2) is 14.4. The van der Waals surface area contributed by atoms with E-state index in [1.54, 1.807) is 18.2 Å². The number of hydrogen-bond donors (Lipinski definition) is 0. The molecule has 2 aromatic rings. The molecule has 0 aromatic heterocycles. The highest BCUT2D eigenvalue weighted by molar-refractivity contribution is 5.89. The van der Waals surface area contributed by atoms with Gasteiger partial charge in [-0.15, -0.1) is 0 Å². The molecular weight excluding hydrogens is 368 g/mol. The van der Waals surface area contributed by atoms with Crippen LogP contribution in [0, 0.1) is 11.8 Å². The van der Waals surface area contributed by atoms with Crippen LogP contribution in [0.15, 0.2) is 54.6 Å². The molecule has 0 saturated carbocycles. The Hall–Kier alpha value is -2.65. The van der Waals surface area contributed by atoms with Gasteiger partial charge in [-0.2, -0.15) is 0 Å². The molecule has 0 aliphatic heterocycles. The van der Waals surface area contributed by atoms with Gasteiger partial charge in [-0.3, -0.25) is 0 Å². The quantitative estimate of drug-likeness (QED) is 0.310.